The zero-order valence-corrected chi connectivity index (χ0v) is 19.1. The lowest BCUT2D eigenvalue weighted by atomic mass is 10.2. The van der Waals surface area contributed by atoms with Crippen molar-refractivity contribution in [3.05, 3.63) is 95.6 Å². The van der Waals surface area contributed by atoms with Gasteiger partial charge in [-0.2, -0.15) is 0 Å². The molecule has 0 atom stereocenters. The minimum Gasteiger partial charge on any atom is -0.348 e. The van der Waals surface area contributed by atoms with Gasteiger partial charge in [-0.15, -0.1) is 11.3 Å². The van der Waals surface area contributed by atoms with Gasteiger partial charge >= 0.3 is 0 Å². The molecule has 3 heterocycles. The average Bonchev–Trinajstić information content (AvgIpc) is 3.52. The van der Waals surface area contributed by atoms with E-state index in [9.17, 15) is 17.6 Å². The maximum Gasteiger partial charge on any atom is 0.254 e. The zero-order chi connectivity index (χ0) is 23.7. The Morgan fingerprint density at radius 2 is 1.94 bits per heavy atom. The fraction of sp³-hybridized carbons (Fsp3) is 0.0435. The SMILES string of the molecule is O=C(NCc1ccc(S(=O)(=O)c2csc(-c3cccc(F)c3)n2)cc1)c1cnc2nccn2c1. The molecule has 0 saturated carbocycles. The molecule has 0 aliphatic heterocycles. The summed E-state index contributed by atoms with van der Waals surface area (Å²) in [5, 5.41) is 4.54. The van der Waals surface area contributed by atoms with Gasteiger partial charge in [-0.25, -0.2) is 27.8 Å². The van der Waals surface area contributed by atoms with Crippen LogP contribution in [0.1, 0.15) is 15.9 Å². The van der Waals surface area contributed by atoms with Crippen LogP contribution in [0.15, 0.2) is 88.6 Å². The average molecular weight is 494 g/mol. The maximum atomic E-state index is 13.5. The quantitative estimate of drug-likeness (QED) is 0.386. The third-order valence-electron chi connectivity index (χ3n) is 5.02. The van der Waals surface area contributed by atoms with Crippen LogP contribution in [0, 0.1) is 5.82 Å². The van der Waals surface area contributed by atoms with Gasteiger partial charge in [-0.05, 0) is 29.8 Å². The van der Waals surface area contributed by atoms with Gasteiger partial charge in [-0.3, -0.25) is 9.20 Å². The van der Waals surface area contributed by atoms with Crippen LogP contribution in [0.25, 0.3) is 16.3 Å². The van der Waals surface area contributed by atoms with Gasteiger partial charge < -0.3 is 5.32 Å². The Labute approximate surface area is 197 Å². The Balaban J connectivity index is 1.28. The zero-order valence-electron chi connectivity index (χ0n) is 17.4. The number of rotatable bonds is 6. The maximum absolute atomic E-state index is 13.5. The third kappa shape index (κ3) is 4.30. The normalized spacial score (nSPS) is 11.6. The highest BCUT2D eigenvalue weighted by Crippen LogP contribution is 2.29. The van der Waals surface area contributed by atoms with Crippen LogP contribution >= 0.6 is 11.3 Å². The Morgan fingerprint density at radius 1 is 1.12 bits per heavy atom. The molecule has 0 bridgehead atoms. The number of halogens is 1. The first-order chi connectivity index (χ1) is 16.4. The predicted octanol–water partition coefficient (Wildman–Crippen LogP) is 3.75. The molecule has 0 aliphatic rings. The van der Waals surface area contributed by atoms with E-state index in [1.54, 1.807) is 47.3 Å². The summed E-state index contributed by atoms with van der Waals surface area (Å²) in [7, 11) is -3.84. The van der Waals surface area contributed by atoms with Gasteiger partial charge in [-0.1, -0.05) is 24.3 Å². The molecule has 2 aromatic carbocycles. The predicted molar refractivity (Wildman–Crippen MR) is 124 cm³/mol. The van der Waals surface area contributed by atoms with Crippen molar-refractivity contribution in [2.75, 3.05) is 0 Å². The van der Waals surface area contributed by atoms with Crippen LogP contribution in [-0.4, -0.2) is 33.7 Å². The molecule has 170 valence electrons. The van der Waals surface area contributed by atoms with Crippen LogP contribution in [0.2, 0.25) is 0 Å². The molecule has 11 heteroatoms. The summed E-state index contributed by atoms with van der Waals surface area (Å²) >= 11 is 1.13. The molecular weight excluding hydrogens is 477 g/mol. The number of aromatic nitrogens is 4. The van der Waals surface area contributed by atoms with Crippen molar-refractivity contribution in [3.63, 3.8) is 0 Å². The van der Waals surface area contributed by atoms with Crippen molar-refractivity contribution in [1.82, 2.24) is 24.7 Å². The molecule has 0 radical (unpaired) electrons. The molecule has 3 aromatic heterocycles. The monoisotopic (exact) mass is 493 g/mol. The molecule has 5 rings (SSSR count). The second kappa shape index (κ2) is 8.76. The highest BCUT2D eigenvalue weighted by molar-refractivity contribution is 7.91. The first-order valence-electron chi connectivity index (χ1n) is 10.0. The van der Waals surface area contributed by atoms with Gasteiger partial charge in [0.2, 0.25) is 15.6 Å². The van der Waals surface area contributed by atoms with Crippen molar-refractivity contribution >= 4 is 32.9 Å². The number of benzene rings is 2. The van der Waals surface area contributed by atoms with Crippen LogP contribution < -0.4 is 5.32 Å². The molecule has 0 unspecified atom stereocenters. The summed E-state index contributed by atoms with van der Waals surface area (Å²) in [6.45, 7) is 0.210. The number of fused-ring (bicyclic) bond motifs is 1. The number of carbonyl (C=O) groups excluding carboxylic acids is 1. The lowest BCUT2D eigenvalue weighted by Crippen LogP contribution is -2.23. The summed E-state index contributed by atoms with van der Waals surface area (Å²) < 4.78 is 41.1. The number of amides is 1. The molecule has 8 nitrogen and oxygen atoms in total. The van der Waals surface area contributed by atoms with Crippen molar-refractivity contribution in [3.8, 4) is 10.6 Å². The van der Waals surface area contributed by atoms with E-state index in [0.717, 1.165) is 16.9 Å². The first kappa shape index (κ1) is 21.9. The van der Waals surface area contributed by atoms with Gasteiger partial charge in [0.25, 0.3) is 5.91 Å². The molecule has 0 spiro atoms. The van der Waals surface area contributed by atoms with E-state index >= 15 is 0 Å². The fourth-order valence-corrected chi connectivity index (χ4v) is 5.60. The van der Waals surface area contributed by atoms with Gasteiger partial charge in [0.05, 0.1) is 10.5 Å². The number of sulfone groups is 1. The Kier molecular flexibility index (Phi) is 5.64. The number of hydrogen-bond donors (Lipinski definition) is 1. The summed E-state index contributed by atoms with van der Waals surface area (Å²) in [5.41, 5.74) is 1.62. The topological polar surface area (TPSA) is 106 Å². The number of nitrogens with one attached hydrogen (secondary N) is 1. The number of carbonyl (C=O) groups is 1. The van der Waals surface area contributed by atoms with Gasteiger partial charge in [0.15, 0.2) is 5.03 Å². The van der Waals surface area contributed by atoms with E-state index in [4.69, 9.17) is 0 Å². The Hall–Kier alpha value is -3.96. The smallest absolute Gasteiger partial charge is 0.254 e. The molecule has 1 amide bonds. The lowest BCUT2D eigenvalue weighted by Gasteiger charge is -2.07. The standard InChI is InChI=1S/C23H16FN5O3S2/c24-18-3-1-2-16(10-18)22-28-20(14-33-22)34(31,32)19-6-4-15(5-7-19)11-26-21(30)17-12-27-23-25-8-9-29(23)13-17/h1-10,12-14H,11H2,(H,26,30). The van der Waals surface area contributed by atoms with E-state index in [2.05, 4.69) is 20.3 Å². The van der Waals surface area contributed by atoms with E-state index in [-0.39, 0.29) is 22.4 Å². The number of nitrogens with zero attached hydrogens (tertiary/aromatic N) is 4. The number of imidazole rings is 1. The molecule has 1 N–H and O–H groups in total. The number of hydrogen-bond acceptors (Lipinski definition) is 7. The van der Waals surface area contributed by atoms with Gasteiger partial charge in [0.1, 0.15) is 10.8 Å². The van der Waals surface area contributed by atoms with Crippen molar-refractivity contribution in [2.24, 2.45) is 0 Å². The second-order valence-electron chi connectivity index (χ2n) is 7.31. The van der Waals surface area contributed by atoms with E-state index in [0.29, 0.717) is 21.9 Å². The second-order valence-corrected chi connectivity index (χ2v) is 10.1. The minimum atomic E-state index is -3.84. The summed E-state index contributed by atoms with van der Waals surface area (Å²) in [4.78, 5) is 24.8. The highest BCUT2D eigenvalue weighted by Gasteiger charge is 2.22. The molecule has 0 saturated heterocycles. The van der Waals surface area contributed by atoms with Crippen LogP contribution in [0.5, 0.6) is 0 Å². The summed E-state index contributed by atoms with van der Waals surface area (Å²) in [5.74, 6) is -0.234. The molecule has 34 heavy (non-hydrogen) atoms. The van der Waals surface area contributed by atoms with Crippen LogP contribution in [0.4, 0.5) is 4.39 Å². The van der Waals surface area contributed by atoms with Crippen molar-refractivity contribution in [1.29, 1.82) is 0 Å². The summed E-state index contributed by atoms with van der Waals surface area (Å²) in [6.07, 6.45) is 6.36. The van der Waals surface area contributed by atoms with E-state index in [1.807, 2.05) is 0 Å². The van der Waals surface area contributed by atoms with Crippen LogP contribution in [-0.2, 0) is 16.4 Å². The molecule has 5 aromatic rings. The van der Waals surface area contributed by atoms with Gasteiger partial charge in [0, 0.05) is 42.3 Å². The third-order valence-corrected chi connectivity index (χ3v) is 7.72. The lowest BCUT2D eigenvalue weighted by molar-refractivity contribution is 0.0950. The number of thiazole rings is 1. The largest absolute Gasteiger partial charge is 0.348 e. The fourth-order valence-electron chi connectivity index (χ4n) is 3.26. The van der Waals surface area contributed by atoms with Crippen molar-refractivity contribution < 1.29 is 17.6 Å². The minimum absolute atomic E-state index is 0.0772. The first-order valence-corrected chi connectivity index (χ1v) is 12.4. The summed E-state index contributed by atoms with van der Waals surface area (Å²) in [6, 6.07) is 12.0. The van der Waals surface area contributed by atoms with Crippen LogP contribution in [0.3, 0.4) is 0 Å². The highest BCUT2D eigenvalue weighted by atomic mass is 32.2. The van der Waals surface area contributed by atoms with E-state index < -0.39 is 15.7 Å². The molecule has 0 fully saturated rings. The molecular formula is C23H16FN5O3S2. The Morgan fingerprint density at radius 3 is 2.74 bits per heavy atom. The van der Waals surface area contributed by atoms with E-state index in [1.165, 1.54) is 35.8 Å². The van der Waals surface area contributed by atoms with Crippen molar-refractivity contribution in [2.45, 2.75) is 16.5 Å². The Bertz CT molecular complexity index is 1610. The molecule has 0 aliphatic carbocycles.